The van der Waals surface area contributed by atoms with Crippen LogP contribution >= 0.6 is 12.2 Å². The molecule has 3 nitrogen and oxygen atoms in total. The van der Waals surface area contributed by atoms with Gasteiger partial charge in [0.2, 0.25) is 0 Å². The highest BCUT2D eigenvalue weighted by atomic mass is 32.1. The van der Waals surface area contributed by atoms with Crippen LogP contribution in [0.3, 0.4) is 0 Å². The van der Waals surface area contributed by atoms with Gasteiger partial charge in [-0.05, 0) is 48.5 Å². The third kappa shape index (κ3) is 3.60. The Morgan fingerprint density at radius 2 is 2.17 bits per heavy atom. The summed E-state index contributed by atoms with van der Waals surface area (Å²) < 4.78 is 5.22. The minimum atomic E-state index is 0.590. The molecule has 0 aliphatic carbocycles. The molecule has 18 heavy (non-hydrogen) atoms. The average molecular weight is 260 g/mol. The van der Waals surface area contributed by atoms with E-state index in [9.17, 15) is 0 Å². The van der Waals surface area contributed by atoms with Gasteiger partial charge >= 0.3 is 0 Å². The molecule has 0 amide bonds. The molecule has 0 saturated heterocycles. The molecule has 94 valence electrons. The van der Waals surface area contributed by atoms with Gasteiger partial charge in [-0.25, -0.2) is 0 Å². The number of anilines is 1. The van der Waals surface area contributed by atoms with Crippen LogP contribution in [-0.2, 0) is 13.0 Å². The van der Waals surface area contributed by atoms with Gasteiger partial charge in [0.25, 0.3) is 0 Å². The predicted octanol–water partition coefficient (Wildman–Crippen LogP) is 3.33. The normalized spacial score (nSPS) is 10.1. The third-order valence-corrected chi connectivity index (χ3v) is 2.84. The summed E-state index contributed by atoms with van der Waals surface area (Å²) in [6, 6.07) is 12.0. The van der Waals surface area contributed by atoms with Crippen LogP contribution in [0.15, 0.2) is 47.1 Å². The number of hydrogen-bond donors (Lipinski definition) is 2. The molecule has 1 aromatic heterocycles. The molecule has 0 aliphatic heterocycles. The summed E-state index contributed by atoms with van der Waals surface area (Å²) in [5.74, 6) is 0.862. The van der Waals surface area contributed by atoms with E-state index in [0.29, 0.717) is 11.7 Å². The summed E-state index contributed by atoms with van der Waals surface area (Å²) in [4.78, 5) is 0. The van der Waals surface area contributed by atoms with Crippen molar-refractivity contribution in [1.82, 2.24) is 5.32 Å². The maximum atomic E-state index is 5.22. The van der Waals surface area contributed by atoms with Gasteiger partial charge in [-0.3, -0.25) is 0 Å². The smallest absolute Gasteiger partial charge is 0.171 e. The maximum Gasteiger partial charge on any atom is 0.171 e. The van der Waals surface area contributed by atoms with Crippen molar-refractivity contribution in [3.63, 3.8) is 0 Å². The number of thiocarbonyl (C=S) groups is 1. The Kier molecular flexibility index (Phi) is 4.36. The second kappa shape index (κ2) is 6.21. The molecular weight excluding hydrogens is 244 g/mol. The van der Waals surface area contributed by atoms with Crippen molar-refractivity contribution < 1.29 is 4.42 Å². The Morgan fingerprint density at radius 3 is 2.89 bits per heavy atom. The number of rotatable bonds is 4. The van der Waals surface area contributed by atoms with Gasteiger partial charge in [-0.15, -0.1) is 0 Å². The molecule has 2 aromatic rings. The van der Waals surface area contributed by atoms with Crippen molar-refractivity contribution in [2.24, 2.45) is 0 Å². The van der Waals surface area contributed by atoms with E-state index in [1.54, 1.807) is 6.26 Å². The Morgan fingerprint density at radius 1 is 1.28 bits per heavy atom. The first-order chi connectivity index (χ1) is 8.78. The van der Waals surface area contributed by atoms with E-state index < -0.39 is 0 Å². The van der Waals surface area contributed by atoms with Gasteiger partial charge in [0.05, 0.1) is 12.8 Å². The van der Waals surface area contributed by atoms with E-state index >= 15 is 0 Å². The highest BCUT2D eigenvalue weighted by Gasteiger charge is 2.00. The van der Waals surface area contributed by atoms with Crippen molar-refractivity contribution in [3.05, 3.63) is 54.0 Å². The lowest BCUT2D eigenvalue weighted by molar-refractivity contribution is 0.503. The fourth-order valence-electron chi connectivity index (χ4n) is 1.62. The molecule has 0 spiro atoms. The Labute approximate surface area is 112 Å². The molecule has 2 N–H and O–H groups in total. The molecule has 0 radical (unpaired) electrons. The molecule has 0 unspecified atom stereocenters. The van der Waals surface area contributed by atoms with Crippen LogP contribution in [0.4, 0.5) is 5.69 Å². The van der Waals surface area contributed by atoms with E-state index in [2.05, 4.69) is 29.7 Å². The first kappa shape index (κ1) is 12.6. The minimum Gasteiger partial charge on any atom is -0.467 e. The predicted molar refractivity (Wildman–Crippen MR) is 77.6 cm³/mol. The zero-order valence-corrected chi connectivity index (χ0v) is 11.1. The lowest BCUT2D eigenvalue weighted by atomic mass is 10.1. The summed E-state index contributed by atoms with van der Waals surface area (Å²) >= 11 is 5.22. The summed E-state index contributed by atoms with van der Waals surface area (Å²) in [7, 11) is 0. The molecule has 0 atom stereocenters. The van der Waals surface area contributed by atoms with Gasteiger partial charge < -0.3 is 15.1 Å². The molecule has 0 aliphatic rings. The van der Waals surface area contributed by atoms with Crippen LogP contribution in [0.2, 0.25) is 0 Å². The second-order valence-corrected chi connectivity index (χ2v) is 4.35. The molecule has 1 aromatic carbocycles. The van der Waals surface area contributed by atoms with Gasteiger partial charge in [0, 0.05) is 5.69 Å². The number of aryl methyl sites for hydroxylation is 1. The standard InChI is InChI=1S/C14H16N2OS/c1-2-11-5-3-6-12(9-11)16-14(18)15-10-13-7-4-8-17-13/h3-9H,2,10H2,1H3,(H2,15,16,18). The lowest BCUT2D eigenvalue weighted by Crippen LogP contribution is -2.27. The number of hydrogen-bond acceptors (Lipinski definition) is 2. The van der Waals surface area contributed by atoms with Crippen LogP contribution < -0.4 is 10.6 Å². The maximum absolute atomic E-state index is 5.22. The summed E-state index contributed by atoms with van der Waals surface area (Å²) in [5.41, 5.74) is 2.29. The van der Waals surface area contributed by atoms with E-state index in [1.807, 2.05) is 24.3 Å². The van der Waals surface area contributed by atoms with Crippen LogP contribution in [-0.4, -0.2) is 5.11 Å². The fourth-order valence-corrected chi connectivity index (χ4v) is 1.81. The Hall–Kier alpha value is -1.81. The Bertz CT molecular complexity index is 508. The zero-order chi connectivity index (χ0) is 12.8. The van der Waals surface area contributed by atoms with Crippen molar-refractivity contribution in [3.8, 4) is 0 Å². The van der Waals surface area contributed by atoms with Crippen molar-refractivity contribution in [2.75, 3.05) is 5.32 Å². The van der Waals surface area contributed by atoms with Crippen molar-refractivity contribution in [2.45, 2.75) is 19.9 Å². The SMILES string of the molecule is CCc1cccc(NC(=S)NCc2ccco2)c1. The van der Waals surface area contributed by atoms with Crippen LogP contribution in [0.25, 0.3) is 0 Å². The fraction of sp³-hybridized carbons (Fsp3) is 0.214. The molecule has 0 fully saturated rings. The molecule has 0 saturated carbocycles. The first-order valence-corrected chi connectivity index (χ1v) is 6.35. The minimum absolute atomic E-state index is 0.590. The van der Waals surface area contributed by atoms with Gasteiger partial charge in [-0.1, -0.05) is 19.1 Å². The number of furan rings is 1. The third-order valence-electron chi connectivity index (χ3n) is 2.60. The topological polar surface area (TPSA) is 37.2 Å². The average Bonchev–Trinajstić information content (AvgIpc) is 2.90. The van der Waals surface area contributed by atoms with Gasteiger partial charge in [-0.2, -0.15) is 0 Å². The molecule has 4 heteroatoms. The highest BCUT2D eigenvalue weighted by Crippen LogP contribution is 2.11. The second-order valence-electron chi connectivity index (χ2n) is 3.94. The summed E-state index contributed by atoms with van der Waals surface area (Å²) in [6.45, 7) is 2.72. The van der Waals surface area contributed by atoms with Crippen molar-refractivity contribution in [1.29, 1.82) is 0 Å². The van der Waals surface area contributed by atoms with E-state index in [1.165, 1.54) is 5.56 Å². The number of nitrogens with one attached hydrogen (secondary N) is 2. The van der Waals surface area contributed by atoms with E-state index in [-0.39, 0.29) is 0 Å². The molecule has 0 bridgehead atoms. The monoisotopic (exact) mass is 260 g/mol. The molecule has 2 rings (SSSR count). The van der Waals surface area contributed by atoms with Gasteiger partial charge in [0.15, 0.2) is 5.11 Å². The van der Waals surface area contributed by atoms with Crippen molar-refractivity contribution >= 4 is 23.0 Å². The Balaban J connectivity index is 1.86. The van der Waals surface area contributed by atoms with Gasteiger partial charge in [0.1, 0.15) is 5.76 Å². The molecular formula is C14H16N2OS. The zero-order valence-electron chi connectivity index (χ0n) is 10.3. The van der Waals surface area contributed by atoms with E-state index in [0.717, 1.165) is 17.9 Å². The quantitative estimate of drug-likeness (QED) is 0.827. The molecule has 1 heterocycles. The number of benzene rings is 1. The van der Waals surface area contributed by atoms with E-state index in [4.69, 9.17) is 16.6 Å². The van der Waals surface area contributed by atoms with Crippen LogP contribution in [0, 0.1) is 0 Å². The highest BCUT2D eigenvalue weighted by molar-refractivity contribution is 7.80. The summed E-state index contributed by atoms with van der Waals surface area (Å²) in [6.07, 6.45) is 2.67. The first-order valence-electron chi connectivity index (χ1n) is 5.94. The summed E-state index contributed by atoms with van der Waals surface area (Å²) in [5, 5.41) is 6.85. The lowest BCUT2D eigenvalue weighted by Gasteiger charge is -2.10. The van der Waals surface area contributed by atoms with Crippen LogP contribution in [0.5, 0.6) is 0 Å². The largest absolute Gasteiger partial charge is 0.467 e. The van der Waals surface area contributed by atoms with Crippen LogP contribution in [0.1, 0.15) is 18.2 Å².